The van der Waals surface area contributed by atoms with E-state index in [1.165, 1.54) is 0 Å². The van der Waals surface area contributed by atoms with Crippen LogP contribution < -0.4 is 18.9 Å². The zero-order chi connectivity index (χ0) is 22.1. The smallest absolute Gasteiger partial charge is 0.260 e. The Hall–Kier alpha value is -3.42. The summed E-state index contributed by atoms with van der Waals surface area (Å²) < 4.78 is 21.8. The lowest BCUT2D eigenvalue weighted by molar-refractivity contribution is -0.141. The number of nitrogens with zero attached hydrogens (tertiary/aromatic N) is 2. The molecule has 0 aromatic heterocycles. The Labute approximate surface area is 182 Å². The van der Waals surface area contributed by atoms with Gasteiger partial charge < -0.3 is 28.7 Å². The maximum absolute atomic E-state index is 12.5. The Morgan fingerprint density at radius 1 is 0.742 bits per heavy atom. The Bertz CT molecular complexity index is 863. The Morgan fingerprint density at radius 3 is 1.74 bits per heavy atom. The highest BCUT2D eigenvalue weighted by Gasteiger charge is 2.24. The number of carbonyl (C=O) groups excluding carboxylic acids is 2. The third kappa shape index (κ3) is 6.28. The van der Waals surface area contributed by atoms with Crippen LogP contribution in [0.4, 0.5) is 0 Å². The molecule has 166 valence electrons. The van der Waals surface area contributed by atoms with Gasteiger partial charge in [0, 0.05) is 26.2 Å². The lowest BCUT2D eigenvalue weighted by Gasteiger charge is -2.34. The molecule has 2 aromatic carbocycles. The normalized spacial score (nSPS) is 13.5. The van der Waals surface area contributed by atoms with Gasteiger partial charge in [0.05, 0.1) is 13.7 Å². The summed E-state index contributed by atoms with van der Waals surface area (Å²) in [7, 11) is 1.56. The third-order valence-electron chi connectivity index (χ3n) is 4.90. The third-order valence-corrected chi connectivity index (χ3v) is 4.90. The average molecular weight is 428 g/mol. The number of rotatable bonds is 9. The van der Waals surface area contributed by atoms with Gasteiger partial charge in [-0.3, -0.25) is 9.59 Å². The molecule has 1 saturated heterocycles. The van der Waals surface area contributed by atoms with Crippen molar-refractivity contribution in [2.45, 2.75) is 6.92 Å². The van der Waals surface area contributed by atoms with Gasteiger partial charge in [-0.2, -0.15) is 0 Å². The Morgan fingerprint density at radius 2 is 1.23 bits per heavy atom. The van der Waals surface area contributed by atoms with E-state index < -0.39 is 0 Å². The molecule has 3 rings (SSSR count). The van der Waals surface area contributed by atoms with Crippen molar-refractivity contribution in [3.8, 4) is 23.0 Å². The van der Waals surface area contributed by atoms with Crippen LogP contribution in [-0.4, -0.2) is 74.7 Å². The monoisotopic (exact) mass is 428 g/mol. The lowest BCUT2D eigenvalue weighted by atomic mass is 10.3. The first kappa shape index (κ1) is 22.3. The van der Waals surface area contributed by atoms with E-state index in [4.69, 9.17) is 18.9 Å². The molecular formula is C23H28N2O6. The molecule has 0 bridgehead atoms. The molecule has 1 fully saturated rings. The van der Waals surface area contributed by atoms with Gasteiger partial charge in [0.1, 0.15) is 11.5 Å². The quantitative estimate of drug-likeness (QED) is 0.610. The van der Waals surface area contributed by atoms with Crippen molar-refractivity contribution in [2.75, 3.05) is 53.1 Å². The zero-order valence-electron chi connectivity index (χ0n) is 17.9. The van der Waals surface area contributed by atoms with E-state index in [0.717, 1.165) is 5.75 Å². The van der Waals surface area contributed by atoms with Gasteiger partial charge in [0.25, 0.3) is 11.8 Å². The first-order valence-corrected chi connectivity index (χ1v) is 10.3. The minimum atomic E-state index is -0.122. The van der Waals surface area contributed by atoms with Gasteiger partial charge in [0.2, 0.25) is 0 Å². The number of methoxy groups -OCH3 is 1. The number of piperazine rings is 1. The standard InChI is InChI=1S/C23H28N2O6/c1-3-29-18-8-10-19(11-9-18)30-16-22(26)24-12-14-25(15-13-24)23(27)17-31-21-7-5-4-6-20(21)28-2/h4-11H,3,12-17H2,1-2H3. The zero-order valence-corrected chi connectivity index (χ0v) is 17.9. The van der Waals surface area contributed by atoms with Crippen LogP contribution in [0.5, 0.6) is 23.0 Å². The number of hydrogen-bond acceptors (Lipinski definition) is 6. The highest BCUT2D eigenvalue weighted by atomic mass is 16.5. The SMILES string of the molecule is CCOc1ccc(OCC(=O)N2CCN(C(=O)COc3ccccc3OC)CC2)cc1. The van der Waals surface area contributed by atoms with Gasteiger partial charge in [-0.05, 0) is 43.3 Å². The summed E-state index contributed by atoms with van der Waals surface area (Å²) in [6, 6.07) is 14.4. The van der Waals surface area contributed by atoms with E-state index in [2.05, 4.69) is 0 Å². The molecule has 31 heavy (non-hydrogen) atoms. The molecule has 2 aromatic rings. The molecule has 0 N–H and O–H groups in total. The fraction of sp³-hybridized carbons (Fsp3) is 0.391. The van der Waals surface area contributed by atoms with Gasteiger partial charge in [-0.15, -0.1) is 0 Å². The molecule has 8 nitrogen and oxygen atoms in total. The highest BCUT2D eigenvalue weighted by molar-refractivity contribution is 5.80. The fourth-order valence-corrected chi connectivity index (χ4v) is 3.21. The summed E-state index contributed by atoms with van der Waals surface area (Å²) in [5.41, 5.74) is 0. The summed E-state index contributed by atoms with van der Waals surface area (Å²) in [4.78, 5) is 28.3. The van der Waals surface area contributed by atoms with E-state index in [1.54, 1.807) is 53.3 Å². The number of hydrogen-bond donors (Lipinski definition) is 0. The topological polar surface area (TPSA) is 77.5 Å². The predicted octanol–water partition coefficient (Wildman–Crippen LogP) is 2.22. The largest absolute Gasteiger partial charge is 0.494 e. The summed E-state index contributed by atoms with van der Waals surface area (Å²) >= 11 is 0. The summed E-state index contributed by atoms with van der Waals surface area (Å²) in [6.45, 7) is 4.25. The molecule has 1 aliphatic heterocycles. The van der Waals surface area contributed by atoms with E-state index in [1.807, 2.05) is 19.1 Å². The van der Waals surface area contributed by atoms with Crippen LogP contribution in [0.15, 0.2) is 48.5 Å². The maximum atomic E-state index is 12.5. The van der Waals surface area contributed by atoms with Crippen molar-refractivity contribution >= 4 is 11.8 Å². The van der Waals surface area contributed by atoms with E-state index in [-0.39, 0.29) is 25.0 Å². The van der Waals surface area contributed by atoms with Crippen molar-refractivity contribution in [3.05, 3.63) is 48.5 Å². The number of para-hydroxylation sites is 2. The second-order valence-corrected chi connectivity index (χ2v) is 6.89. The van der Waals surface area contributed by atoms with E-state index >= 15 is 0 Å². The number of amides is 2. The van der Waals surface area contributed by atoms with Crippen LogP contribution in [0.3, 0.4) is 0 Å². The van der Waals surface area contributed by atoms with Crippen molar-refractivity contribution in [2.24, 2.45) is 0 Å². The highest BCUT2D eigenvalue weighted by Crippen LogP contribution is 2.25. The molecule has 0 atom stereocenters. The van der Waals surface area contributed by atoms with Gasteiger partial charge >= 0.3 is 0 Å². The van der Waals surface area contributed by atoms with Crippen LogP contribution >= 0.6 is 0 Å². The lowest BCUT2D eigenvalue weighted by Crippen LogP contribution is -2.52. The first-order valence-electron chi connectivity index (χ1n) is 10.3. The van der Waals surface area contributed by atoms with Crippen LogP contribution in [-0.2, 0) is 9.59 Å². The van der Waals surface area contributed by atoms with Crippen LogP contribution in [0.25, 0.3) is 0 Å². The first-order chi connectivity index (χ1) is 15.1. The van der Waals surface area contributed by atoms with E-state index in [0.29, 0.717) is 50.0 Å². The van der Waals surface area contributed by atoms with Crippen LogP contribution in [0, 0.1) is 0 Å². The minimum Gasteiger partial charge on any atom is -0.494 e. The molecule has 0 aliphatic carbocycles. The van der Waals surface area contributed by atoms with Crippen molar-refractivity contribution in [1.82, 2.24) is 9.80 Å². The van der Waals surface area contributed by atoms with Crippen molar-refractivity contribution in [3.63, 3.8) is 0 Å². The molecule has 2 amide bonds. The second kappa shape index (κ2) is 11.1. The molecule has 0 spiro atoms. The summed E-state index contributed by atoms with van der Waals surface area (Å²) in [5.74, 6) is 2.25. The predicted molar refractivity (Wildman–Crippen MR) is 115 cm³/mol. The number of carbonyl (C=O) groups is 2. The average Bonchev–Trinajstić information content (AvgIpc) is 2.82. The number of benzene rings is 2. The van der Waals surface area contributed by atoms with E-state index in [9.17, 15) is 9.59 Å². The van der Waals surface area contributed by atoms with Gasteiger partial charge in [0.15, 0.2) is 24.7 Å². The molecular weight excluding hydrogens is 400 g/mol. The molecule has 1 heterocycles. The molecule has 0 unspecified atom stereocenters. The van der Waals surface area contributed by atoms with Gasteiger partial charge in [-0.25, -0.2) is 0 Å². The number of ether oxygens (including phenoxy) is 4. The molecule has 1 aliphatic rings. The second-order valence-electron chi connectivity index (χ2n) is 6.89. The summed E-state index contributed by atoms with van der Waals surface area (Å²) in [6.07, 6.45) is 0. The van der Waals surface area contributed by atoms with Gasteiger partial charge in [-0.1, -0.05) is 12.1 Å². The Balaban J connectivity index is 1.40. The van der Waals surface area contributed by atoms with Crippen LogP contribution in [0.2, 0.25) is 0 Å². The maximum Gasteiger partial charge on any atom is 0.260 e. The molecule has 0 radical (unpaired) electrons. The molecule has 8 heteroatoms. The summed E-state index contributed by atoms with van der Waals surface area (Å²) in [5, 5.41) is 0. The fourth-order valence-electron chi connectivity index (χ4n) is 3.21. The van der Waals surface area contributed by atoms with Crippen molar-refractivity contribution in [1.29, 1.82) is 0 Å². The van der Waals surface area contributed by atoms with Crippen molar-refractivity contribution < 1.29 is 28.5 Å². The van der Waals surface area contributed by atoms with Crippen LogP contribution in [0.1, 0.15) is 6.92 Å². The Kier molecular flexibility index (Phi) is 7.98. The molecule has 0 saturated carbocycles. The minimum absolute atomic E-state index is 0.0428.